The second-order valence-electron chi connectivity index (χ2n) is 8.16. The van der Waals surface area contributed by atoms with Gasteiger partial charge in [-0.05, 0) is 47.0 Å². The molecule has 172 valence electrons. The van der Waals surface area contributed by atoms with Gasteiger partial charge in [-0.15, -0.1) is 11.3 Å². The number of thiazole rings is 1. The second kappa shape index (κ2) is 8.53. The molecule has 2 aromatic carbocycles. The van der Waals surface area contributed by atoms with Gasteiger partial charge in [0.25, 0.3) is 0 Å². The molecule has 0 spiro atoms. The van der Waals surface area contributed by atoms with Gasteiger partial charge in [0.15, 0.2) is 0 Å². The lowest BCUT2D eigenvalue weighted by atomic mass is 9.92. The van der Waals surface area contributed by atoms with Crippen LogP contribution in [-0.4, -0.2) is 73.5 Å². The molecule has 0 bridgehead atoms. The summed E-state index contributed by atoms with van der Waals surface area (Å²) in [7, 11) is -1.98. The molecule has 1 aromatic heterocycles. The topological polar surface area (TPSA) is 100 Å². The summed E-state index contributed by atoms with van der Waals surface area (Å²) in [6.45, 7) is 1.37. The average Bonchev–Trinajstić information content (AvgIpc) is 3.23. The summed E-state index contributed by atoms with van der Waals surface area (Å²) >= 11 is 1.42. The fraction of sp³-hybridized carbons (Fsp3) is 0.304. The minimum Gasteiger partial charge on any atom is -0.497 e. The Labute approximate surface area is 195 Å². The zero-order chi connectivity index (χ0) is 23.2. The van der Waals surface area contributed by atoms with Gasteiger partial charge in [-0.3, -0.25) is 4.79 Å². The van der Waals surface area contributed by atoms with Crippen molar-refractivity contribution in [2.24, 2.45) is 0 Å². The molecule has 8 nitrogen and oxygen atoms in total. The van der Waals surface area contributed by atoms with E-state index in [0.29, 0.717) is 31.9 Å². The molecule has 10 heteroatoms. The lowest BCUT2D eigenvalue weighted by Crippen LogP contribution is -2.52. The van der Waals surface area contributed by atoms with Crippen LogP contribution in [0.25, 0.3) is 10.2 Å². The van der Waals surface area contributed by atoms with Crippen LogP contribution in [0.2, 0.25) is 0 Å². The van der Waals surface area contributed by atoms with E-state index in [0.717, 1.165) is 26.9 Å². The normalized spacial score (nSPS) is 17.6. The van der Waals surface area contributed by atoms with Crippen molar-refractivity contribution < 1.29 is 23.1 Å². The molecule has 3 heterocycles. The summed E-state index contributed by atoms with van der Waals surface area (Å²) in [5, 5.41) is 9.79. The molecule has 2 aliphatic rings. The minimum absolute atomic E-state index is 0.131. The molecule has 0 aliphatic carbocycles. The lowest BCUT2D eigenvalue weighted by Gasteiger charge is -2.42. The number of sulfonamides is 1. The van der Waals surface area contributed by atoms with E-state index in [1.807, 2.05) is 0 Å². The smallest absolute Gasteiger partial charge is 0.243 e. The molecule has 1 amide bonds. The van der Waals surface area contributed by atoms with Crippen molar-refractivity contribution in [3.8, 4) is 5.75 Å². The highest BCUT2D eigenvalue weighted by Crippen LogP contribution is 2.33. The Bertz CT molecular complexity index is 1330. The number of likely N-dealkylation sites (tertiary alicyclic amines) is 1. The number of carbonyl (C=O) groups excluding carboxylic acids is 1. The number of carbonyl (C=O) groups is 1. The number of aromatic nitrogens is 1. The van der Waals surface area contributed by atoms with Gasteiger partial charge in [0.1, 0.15) is 5.75 Å². The van der Waals surface area contributed by atoms with Crippen LogP contribution in [0.5, 0.6) is 5.75 Å². The first kappa shape index (κ1) is 22.0. The lowest BCUT2D eigenvalue weighted by molar-refractivity contribution is -0.135. The molecule has 2 aliphatic heterocycles. The zero-order valence-electron chi connectivity index (χ0n) is 18.0. The largest absolute Gasteiger partial charge is 0.497 e. The predicted molar refractivity (Wildman–Crippen MR) is 125 cm³/mol. The third kappa shape index (κ3) is 3.93. The molecular weight excluding hydrogens is 462 g/mol. The summed E-state index contributed by atoms with van der Waals surface area (Å²) in [5.41, 5.74) is 5.39. The van der Waals surface area contributed by atoms with Gasteiger partial charge in [-0.2, -0.15) is 4.31 Å². The number of benzene rings is 2. The molecular formula is C23H23N3O5S2. The van der Waals surface area contributed by atoms with Crippen LogP contribution in [0, 0.1) is 0 Å². The van der Waals surface area contributed by atoms with Crippen LogP contribution in [0.4, 0.5) is 0 Å². The minimum atomic E-state index is -3.56. The Kier molecular flexibility index (Phi) is 5.69. The number of methoxy groups -OCH3 is 1. The van der Waals surface area contributed by atoms with Crippen molar-refractivity contribution in [3.05, 3.63) is 64.7 Å². The average molecular weight is 486 g/mol. The van der Waals surface area contributed by atoms with Crippen LogP contribution in [0.3, 0.4) is 0 Å². The van der Waals surface area contributed by atoms with Gasteiger partial charge in [0.05, 0.1) is 40.3 Å². The van der Waals surface area contributed by atoms with Gasteiger partial charge in [-0.25, -0.2) is 13.4 Å². The Morgan fingerprint density at radius 1 is 1.12 bits per heavy atom. The molecule has 33 heavy (non-hydrogen) atoms. The maximum Gasteiger partial charge on any atom is 0.243 e. The van der Waals surface area contributed by atoms with E-state index >= 15 is 0 Å². The van der Waals surface area contributed by atoms with E-state index in [1.54, 1.807) is 60.0 Å². The summed E-state index contributed by atoms with van der Waals surface area (Å²) in [6, 6.07) is 12.1. The summed E-state index contributed by atoms with van der Waals surface area (Å²) in [5.74, 6) is -0.0635. The number of hydrogen-bond acceptors (Lipinski definition) is 7. The maximum absolute atomic E-state index is 12.9. The van der Waals surface area contributed by atoms with Crippen LogP contribution in [0.1, 0.15) is 11.5 Å². The van der Waals surface area contributed by atoms with Crippen molar-refractivity contribution in [2.45, 2.75) is 10.8 Å². The number of nitrogens with zero attached hydrogens (tertiary/aromatic N) is 3. The number of rotatable bonds is 6. The summed E-state index contributed by atoms with van der Waals surface area (Å²) < 4.78 is 33.3. The number of fused-ring (bicyclic) bond motifs is 1. The highest BCUT2D eigenvalue weighted by Gasteiger charge is 2.39. The van der Waals surface area contributed by atoms with E-state index in [9.17, 15) is 18.3 Å². The fourth-order valence-electron chi connectivity index (χ4n) is 4.09. The molecule has 1 unspecified atom stereocenters. The van der Waals surface area contributed by atoms with E-state index in [-0.39, 0.29) is 17.4 Å². The Hall–Kier alpha value is -2.79. The van der Waals surface area contributed by atoms with E-state index in [2.05, 4.69) is 4.98 Å². The summed E-state index contributed by atoms with van der Waals surface area (Å²) in [6.07, 6.45) is 0. The maximum atomic E-state index is 12.9. The van der Waals surface area contributed by atoms with Crippen molar-refractivity contribution in [1.82, 2.24) is 14.2 Å². The third-order valence-corrected chi connectivity index (χ3v) is 8.83. The molecule has 3 aromatic rings. The Balaban J connectivity index is 1.21. The highest BCUT2D eigenvalue weighted by molar-refractivity contribution is 7.89. The monoisotopic (exact) mass is 485 g/mol. The van der Waals surface area contributed by atoms with Crippen molar-refractivity contribution in [2.75, 3.05) is 39.9 Å². The molecule has 5 rings (SSSR count). The van der Waals surface area contributed by atoms with Crippen molar-refractivity contribution >= 4 is 37.5 Å². The van der Waals surface area contributed by atoms with Crippen LogP contribution < -0.4 is 4.74 Å². The van der Waals surface area contributed by atoms with E-state index in [1.165, 1.54) is 15.6 Å². The number of aliphatic hydroxyl groups is 1. The van der Waals surface area contributed by atoms with Crippen molar-refractivity contribution in [3.63, 3.8) is 0 Å². The van der Waals surface area contributed by atoms with E-state index in [4.69, 9.17) is 4.74 Å². The van der Waals surface area contributed by atoms with E-state index < -0.39 is 15.9 Å². The first-order valence-electron chi connectivity index (χ1n) is 10.5. The number of hydrogen-bond donors (Lipinski definition) is 1. The Morgan fingerprint density at radius 3 is 2.48 bits per heavy atom. The highest BCUT2D eigenvalue weighted by atomic mass is 32.2. The predicted octanol–water partition coefficient (Wildman–Crippen LogP) is 2.22. The first-order valence-corrected chi connectivity index (χ1v) is 12.8. The first-order chi connectivity index (χ1) is 15.9. The van der Waals surface area contributed by atoms with Crippen LogP contribution in [0.15, 0.2) is 64.0 Å². The van der Waals surface area contributed by atoms with Gasteiger partial charge in [0.2, 0.25) is 15.9 Å². The molecule has 0 radical (unpaired) electrons. The zero-order valence-corrected chi connectivity index (χ0v) is 19.6. The van der Waals surface area contributed by atoms with Gasteiger partial charge < -0.3 is 14.7 Å². The van der Waals surface area contributed by atoms with Gasteiger partial charge >= 0.3 is 0 Å². The summed E-state index contributed by atoms with van der Waals surface area (Å²) in [4.78, 5) is 19.0. The van der Waals surface area contributed by atoms with Gasteiger partial charge in [-0.1, -0.05) is 12.1 Å². The second-order valence-corrected chi connectivity index (χ2v) is 11.0. The van der Waals surface area contributed by atoms with Gasteiger partial charge in [0, 0.05) is 26.2 Å². The number of ether oxygens (including phenoxy) is 1. The number of amides is 1. The molecule has 2 fully saturated rings. The fourth-order valence-corrected chi connectivity index (χ4v) is 6.34. The molecule has 0 saturated carbocycles. The third-order valence-electron chi connectivity index (χ3n) is 6.25. The molecule has 1 atom stereocenters. The molecule has 2 saturated heterocycles. The standard InChI is InChI=1S/C23H23N3O5S2/c1-31-18-4-2-15(3-5-18)20(13-27)23(28)25-9-16(10-25)17-11-26(12-17)33(29,30)19-6-7-21-22(8-19)32-14-24-21/h2-8,14,20,27H,9-13H2,1H3. The van der Waals surface area contributed by atoms with Crippen LogP contribution in [-0.2, 0) is 14.8 Å². The van der Waals surface area contributed by atoms with Crippen molar-refractivity contribution in [1.29, 1.82) is 0 Å². The quantitative estimate of drug-likeness (QED) is 0.538. The Morgan fingerprint density at radius 2 is 1.82 bits per heavy atom. The molecule has 1 N–H and O–H groups in total. The number of aliphatic hydroxyl groups excluding tert-OH is 1. The SMILES string of the molecule is COc1ccc(C(CO)C(=O)N2CC(=C3CN(S(=O)(=O)c4ccc5ncsc5c4)C3)C2)cc1. The van der Waals surface area contributed by atoms with Crippen LogP contribution >= 0.6 is 11.3 Å².